The summed E-state index contributed by atoms with van der Waals surface area (Å²) in [5.41, 5.74) is 4.21. The van der Waals surface area contributed by atoms with Gasteiger partial charge < -0.3 is 9.80 Å². The van der Waals surface area contributed by atoms with Crippen molar-refractivity contribution in [3.05, 3.63) is 78.1 Å². The van der Waals surface area contributed by atoms with Crippen molar-refractivity contribution in [2.24, 2.45) is 0 Å². The molecule has 2 aromatic heterocycles. The zero-order valence-electron chi connectivity index (χ0n) is 18.5. The molecule has 1 aliphatic carbocycles. The lowest BCUT2D eigenvalue weighted by molar-refractivity contribution is -0.130. The van der Waals surface area contributed by atoms with Crippen LogP contribution in [-0.4, -0.2) is 56.8 Å². The van der Waals surface area contributed by atoms with Crippen LogP contribution in [0.15, 0.2) is 66.7 Å². The molecule has 0 unspecified atom stereocenters. The minimum absolute atomic E-state index is 0.181. The normalized spacial score (nSPS) is 16.4. The van der Waals surface area contributed by atoms with Crippen molar-refractivity contribution in [3.8, 4) is 11.1 Å². The molecule has 0 N–H and O–H groups in total. The van der Waals surface area contributed by atoms with Gasteiger partial charge in [0.2, 0.25) is 5.91 Å². The molecule has 7 nitrogen and oxygen atoms in total. The Hall–Kier alpha value is -3.74. The molecule has 6 rings (SSSR count). The van der Waals surface area contributed by atoms with E-state index in [1.807, 2.05) is 39.7 Å². The van der Waals surface area contributed by atoms with Crippen LogP contribution in [0.25, 0.3) is 16.8 Å². The van der Waals surface area contributed by atoms with E-state index in [-0.39, 0.29) is 5.91 Å². The number of aromatic nitrogens is 4. The van der Waals surface area contributed by atoms with Crippen LogP contribution in [0, 0.1) is 0 Å². The van der Waals surface area contributed by atoms with Gasteiger partial charge in [0.25, 0.3) is 0 Å². The predicted octanol–water partition coefficient (Wildman–Crippen LogP) is 3.56. The SMILES string of the molecule is O=C(Cc1ccc(-c2ccccc2)cc1)N1CCN(c2ccc3nnc(C4CC4)n3n2)CC1. The second-order valence-corrected chi connectivity index (χ2v) is 8.90. The number of rotatable bonds is 5. The Morgan fingerprint density at radius 2 is 1.55 bits per heavy atom. The Kier molecular flexibility index (Phi) is 5.02. The van der Waals surface area contributed by atoms with Gasteiger partial charge in [-0.25, -0.2) is 0 Å². The Labute approximate surface area is 192 Å². The summed E-state index contributed by atoms with van der Waals surface area (Å²) in [4.78, 5) is 17.1. The smallest absolute Gasteiger partial charge is 0.227 e. The summed E-state index contributed by atoms with van der Waals surface area (Å²) in [6.07, 6.45) is 2.77. The highest BCUT2D eigenvalue weighted by molar-refractivity contribution is 5.79. The fraction of sp³-hybridized carbons (Fsp3) is 0.308. The van der Waals surface area contributed by atoms with E-state index in [0.29, 0.717) is 25.4 Å². The van der Waals surface area contributed by atoms with Gasteiger partial charge in [-0.05, 0) is 41.7 Å². The zero-order chi connectivity index (χ0) is 22.2. The summed E-state index contributed by atoms with van der Waals surface area (Å²) in [6, 6.07) is 22.6. The van der Waals surface area contributed by atoms with Crippen LogP contribution in [-0.2, 0) is 11.2 Å². The highest BCUT2D eigenvalue weighted by atomic mass is 16.2. The zero-order valence-corrected chi connectivity index (χ0v) is 18.5. The van der Waals surface area contributed by atoms with Gasteiger partial charge in [0.15, 0.2) is 11.5 Å². The summed E-state index contributed by atoms with van der Waals surface area (Å²) in [6.45, 7) is 2.97. The van der Waals surface area contributed by atoms with Gasteiger partial charge in [-0.1, -0.05) is 54.6 Å². The molecule has 2 aromatic carbocycles. The Morgan fingerprint density at radius 3 is 2.27 bits per heavy atom. The third kappa shape index (κ3) is 4.06. The average molecular weight is 439 g/mol. The quantitative estimate of drug-likeness (QED) is 0.477. The Bertz CT molecular complexity index is 1270. The fourth-order valence-electron chi connectivity index (χ4n) is 4.48. The molecule has 0 spiro atoms. The number of hydrogen-bond donors (Lipinski definition) is 0. The topological polar surface area (TPSA) is 66.6 Å². The maximum Gasteiger partial charge on any atom is 0.227 e. The van der Waals surface area contributed by atoms with E-state index in [0.717, 1.165) is 35.9 Å². The van der Waals surface area contributed by atoms with Crippen LogP contribution in [0.5, 0.6) is 0 Å². The number of benzene rings is 2. The largest absolute Gasteiger partial charge is 0.352 e. The van der Waals surface area contributed by atoms with E-state index in [4.69, 9.17) is 5.10 Å². The predicted molar refractivity (Wildman–Crippen MR) is 127 cm³/mol. The van der Waals surface area contributed by atoms with Crippen LogP contribution >= 0.6 is 0 Å². The Morgan fingerprint density at radius 1 is 0.818 bits per heavy atom. The molecule has 7 heteroatoms. The standard InChI is InChI=1S/C26H26N6O/c33-25(18-19-6-8-21(9-7-19)20-4-2-1-3-5-20)31-16-14-30(15-17-31)24-13-12-23-27-28-26(22-10-11-22)32(23)29-24/h1-9,12-13,22H,10-11,14-18H2. The summed E-state index contributed by atoms with van der Waals surface area (Å²) in [7, 11) is 0. The van der Waals surface area contributed by atoms with Crippen molar-refractivity contribution in [2.45, 2.75) is 25.2 Å². The van der Waals surface area contributed by atoms with E-state index >= 15 is 0 Å². The van der Waals surface area contributed by atoms with Crippen molar-refractivity contribution < 1.29 is 4.79 Å². The van der Waals surface area contributed by atoms with Crippen LogP contribution in [0.2, 0.25) is 0 Å². The maximum absolute atomic E-state index is 12.9. The number of nitrogens with zero attached hydrogens (tertiary/aromatic N) is 6. The summed E-state index contributed by atoms with van der Waals surface area (Å²) >= 11 is 0. The van der Waals surface area contributed by atoms with E-state index in [9.17, 15) is 4.79 Å². The minimum atomic E-state index is 0.181. The van der Waals surface area contributed by atoms with E-state index in [1.54, 1.807) is 0 Å². The molecule has 1 saturated carbocycles. The first-order valence-corrected chi connectivity index (χ1v) is 11.6. The molecular weight excluding hydrogens is 412 g/mol. The van der Waals surface area contributed by atoms with Crippen molar-refractivity contribution in [1.82, 2.24) is 24.7 Å². The lowest BCUT2D eigenvalue weighted by atomic mass is 10.0. The molecule has 4 aromatic rings. The lowest BCUT2D eigenvalue weighted by Crippen LogP contribution is -2.49. The van der Waals surface area contributed by atoms with Crippen molar-refractivity contribution in [1.29, 1.82) is 0 Å². The average Bonchev–Trinajstić information content (AvgIpc) is 3.63. The molecule has 33 heavy (non-hydrogen) atoms. The van der Waals surface area contributed by atoms with Crippen molar-refractivity contribution in [3.63, 3.8) is 0 Å². The van der Waals surface area contributed by atoms with Gasteiger partial charge in [0.1, 0.15) is 5.82 Å². The number of carbonyl (C=O) groups excluding carboxylic acids is 1. The fourth-order valence-corrected chi connectivity index (χ4v) is 4.48. The van der Waals surface area contributed by atoms with Crippen LogP contribution in [0.3, 0.4) is 0 Å². The number of amides is 1. The minimum Gasteiger partial charge on any atom is -0.352 e. The maximum atomic E-state index is 12.9. The van der Waals surface area contributed by atoms with E-state index in [1.165, 1.54) is 24.0 Å². The van der Waals surface area contributed by atoms with Gasteiger partial charge in [-0.15, -0.1) is 15.3 Å². The van der Waals surface area contributed by atoms with Gasteiger partial charge >= 0.3 is 0 Å². The number of carbonyl (C=O) groups is 1. The second kappa shape index (κ2) is 8.31. The third-order valence-electron chi connectivity index (χ3n) is 6.59. The number of fused-ring (bicyclic) bond motifs is 1. The van der Waals surface area contributed by atoms with Gasteiger partial charge in [-0.3, -0.25) is 4.79 Å². The highest BCUT2D eigenvalue weighted by Crippen LogP contribution is 2.38. The number of piperazine rings is 1. The van der Waals surface area contributed by atoms with E-state index < -0.39 is 0 Å². The van der Waals surface area contributed by atoms with Crippen LogP contribution in [0.4, 0.5) is 5.82 Å². The first kappa shape index (κ1) is 19.9. The Balaban J connectivity index is 1.08. The van der Waals surface area contributed by atoms with E-state index in [2.05, 4.69) is 51.5 Å². The van der Waals surface area contributed by atoms with Crippen molar-refractivity contribution in [2.75, 3.05) is 31.1 Å². The molecule has 1 aliphatic heterocycles. The molecule has 2 aliphatic rings. The summed E-state index contributed by atoms with van der Waals surface area (Å²) in [5, 5.41) is 13.4. The number of anilines is 1. The summed E-state index contributed by atoms with van der Waals surface area (Å²) in [5.74, 6) is 2.58. The molecule has 0 radical (unpaired) electrons. The molecule has 0 atom stereocenters. The van der Waals surface area contributed by atoms with Crippen molar-refractivity contribution >= 4 is 17.4 Å². The number of hydrogen-bond acceptors (Lipinski definition) is 5. The molecule has 1 saturated heterocycles. The third-order valence-corrected chi connectivity index (χ3v) is 6.59. The summed E-state index contributed by atoms with van der Waals surface area (Å²) < 4.78 is 1.89. The second-order valence-electron chi connectivity index (χ2n) is 8.90. The first-order chi connectivity index (χ1) is 16.2. The molecular formula is C26H26N6O. The molecule has 2 fully saturated rings. The molecule has 1 amide bonds. The van der Waals surface area contributed by atoms with Gasteiger partial charge in [-0.2, -0.15) is 4.52 Å². The van der Waals surface area contributed by atoms with Crippen LogP contribution < -0.4 is 4.90 Å². The van der Waals surface area contributed by atoms with Crippen LogP contribution in [0.1, 0.15) is 30.1 Å². The molecule has 0 bridgehead atoms. The molecule has 3 heterocycles. The monoisotopic (exact) mass is 438 g/mol. The molecule has 166 valence electrons. The lowest BCUT2D eigenvalue weighted by Gasteiger charge is -2.35. The highest BCUT2D eigenvalue weighted by Gasteiger charge is 2.30. The van der Waals surface area contributed by atoms with Gasteiger partial charge in [0.05, 0.1) is 6.42 Å². The van der Waals surface area contributed by atoms with Gasteiger partial charge in [0, 0.05) is 32.1 Å². The first-order valence-electron chi connectivity index (χ1n) is 11.6.